The van der Waals surface area contributed by atoms with E-state index in [1.807, 2.05) is 34.9 Å². The Bertz CT molecular complexity index is 405. The Kier molecular flexibility index (Phi) is 4.21. The maximum atomic E-state index is 12.2. The zero-order valence-corrected chi connectivity index (χ0v) is 11.9. The van der Waals surface area contributed by atoms with Crippen molar-refractivity contribution < 1.29 is 4.79 Å². The van der Waals surface area contributed by atoms with Crippen molar-refractivity contribution in [1.29, 1.82) is 0 Å². The highest BCUT2D eigenvalue weighted by molar-refractivity contribution is 9.10. The summed E-state index contributed by atoms with van der Waals surface area (Å²) in [5, 5.41) is 0. The minimum absolute atomic E-state index is 0.100. The van der Waals surface area contributed by atoms with Gasteiger partial charge in [0.05, 0.1) is 5.56 Å². The van der Waals surface area contributed by atoms with Crippen LogP contribution in [0.4, 0.5) is 0 Å². The molecule has 0 atom stereocenters. The average molecular weight is 318 g/mol. The third-order valence-electron chi connectivity index (χ3n) is 2.48. The van der Waals surface area contributed by atoms with Gasteiger partial charge in [-0.15, -0.1) is 12.6 Å². The molecule has 86 valence electrons. The smallest absolute Gasteiger partial charge is 0.255 e. The lowest BCUT2D eigenvalue weighted by atomic mass is 10.2. The second kappa shape index (κ2) is 5.47. The number of nitrogens with zero attached hydrogens (tertiary/aromatic N) is 1. The maximum absolute atomic E-state index is 12.2. The Morgan fingerprint density at radius 3 is 2.75 bits per heavy atom. The summed E-state index contributed by atoms with van der Waals surface area (Å²) < 4.78 is 0.841. The first-order valence-corrected chi connectivity index (χ1v) is 7.43. The molecule has 1 amide bonds. The molecule has 0 spiro atoms. The van der Waals surface area contributed by atoms with Gasteiger partial charge in [0.1, 0.15) is 0 Å². The third kappa shape index (κ3) is 2.76. The second-order valence-electron chi connectivity index (χ2n) is 3.57. The van der Waals surface area contributed by atoms with Gasteiger partial charge >= 0.3 is 0 Å². The van der Waals surface area contributed by atoms with Crippen LogP contribution < -0.4 is 0 Å². The lowest BCUT2D eigenvalue weighted by molar-refractivity contribution is 0.0771. The number of thiol groups is 1. The fourth-order valence-corrected chi connectivity index (χ4v) is 3.14. The summed E-state index contributed by atoms with van der Waals surface area (Å²) in [5.41, 5.74) is 0.708. The van der Waals surface area contributed by atoms with E-state index in [2.05, 4.69) is 28.6 Å². The van der Waals surface area contributed by atoms with Gasteiger partial charge in [0.15, 0.2) is 0 Å². The molecular weight excluding hydrogens is 306 g/mol. The van der Waals surface area contributed by atoms with E-state index in [0.717, 1.165) is 34.0 Å². The van der Waals surface area contributed by atoms with Crippen LogP contribution in [0.3, 0.4) is 0 Å². The van der Waals surface area contributed by atoms with E-state index in [0.29, 0.717) is 5.56 Å². The minimum Gasteiger partial charge on any atom is -0.337 e. The molecule has 2 nitrogen and oxygen atoms in total. The van der Waals surface area contributed by atoms with Crippen LogP contribution in [0, 0.1) is 0 Å². The van der Waals surface area contributed by atoms with Crippen LogP contribution in [0.15, 0.2) is 27.6 Å². The molecule has 0 bridgehead atoms. The molecule has 0 N–H and O–H groups in total. The maximum Gasteiger partial charge on any atom is 0.255 e. The highest BCUT2D eigenvalue weighted by atomic mass is 79.9. The Morgan fingerprint density at radius 1 is 1.38 bits per heavy atom. The van der Waals surface area contributed by atoms with E-state index in [1.165, 1.54) is 0 Å². The Hall–Kier alpha value is -0.130. The van der Waals surface area contributed by atoms with Crippen LogP contribution in [0.1, 0.15) is 10.4 Å². The van der Waals surface area contributed by atoms with Crippen LogP contribution >= 0.6 is 40.3 Å². The van der Waals surface area contributed by atoms with Crippen molar-refractivity contribution in [2.75, 3.05) is 24.6 Å². The Morgan fingerprint density at radius 2 is 2.06 bits per heavy atom. The zero-order valence-electron chi connectivity index (χ0n) is 8.65. The fraction of sp³-hybridized carbons (Fsp3) is 0.364. The van der Waals surface area contributed by atoms with E-state index in [-0.39, 0.29) is 5.91 Å². The van der Waals surface area contributed by atoms with Crippen molar-refractivity contribution in [2.45, 2.75) is 4.90 Å². The van der Waals surface area contributed by atoms with Gasteiger partial charge in [-0.25, -0.2) is 0 Å². The first-order chi connectivity index (χ1) is 7.68. The van der Waals surface area contributed by atoms with Crippen molar-refractivity contribution in [1.82, 2.24) is 4.90 Å². The van der Waals surface area contributed by atoms with Crippen LogP contribution in [0.25, 0.3) is 0 Å². The van der Waals surface area contributed by atoms with Gasteiger partial charge in [-0.05, 0) is 34.1 Å². The predicted molar refractivity (Wildman–Crippen MR) is 74.6 cm³/mol. The van der Waals surface area contributed by atoms with Gasteiger partial charge in [0.25, 0.3) is 5.91 Å². The summed E-state index contributed by atoms with van der Waals surface area (Å²) in [4.78, 5) is 14.9. The van der Waals surface area contributed by atoms with E-state index in [4.69, 9.17) is 0 Å². The number of carbonyl (C=O) groups is 1. The SMILES string of the molecule is O=C(c1cc(S)ccc1Br)N1CCSCC1. The molecule has 0 unspecified atom stereocenters. The Labute approximate surface area is 113 Å². The third-order valence-corrected chi connectivity index (χ3v) is 4.39. The first-order valence-electron chi connectivity index (χ1n) is 5.04. The quantitative estimate of drug-likeness (QED) is 0.804. The van der Waals surface area contributed by atoms with Crippen LogP contribution in [-0.2, 0) is 0 Å². The number of benzene rings is 1. The highest BCUT2D eigenvalue weighted by Crippen LogP contribution is 2.23. The number of halogens is 1. The normalized spacial score (nSPS) is 16.2. The molecule has 0 saturated carbocycles. The number of carbonyl (C=O) groups excluding carboxylic acids is 1. The van der Waals surface area contributed by atoms with Crippen LogP contribution in [-0.4, -0.2) is 35.4 Å². The fourth-order valence-electron chi connectivity index (χ4n) is 1.61. The molecule has 0 aliphatic carbocycles. The topological polar surface area (TPSA) is 20.3 Å². The van der Waals surface area contributed by atoms with Crippen LogP contribution in [0.2, 0.25) is 0 Å². The zero-order chi connectivity index (χ0) is 11.5. The van der Waals surface area contributed by atoms with E-state index < -0.39 is 0 Å². The molecule has 5 heteroatoms. The minimum atomic E-state index is 0.100. The Balaban J connectivity index is 2.22. The number of hydrogen-bond acceptors (Lipinski definition) is 3. The number of hydrogen-bond donors (Lipinski definition) is 1. The van der Waals surface area contributed by atoms with Crippen molar-refractivity contribution in [3.05, 3.63) is 28.2 Å². The molecule has 0 aromatic heterocycles. The molecule has 0 radical (unpaired) electrons. The highest BCUT2D eigenvalue weighted by Gasteiger charge is 2.20. The lowest BCUT2D eigenvalue weighted by Gasteiger charge is -2.26. The van der Waals surface area contributed by atoms with Crippen molar-refractivity contribution >= 4 is 46.2 Å². The first kappa shape index (κ1) is 12.3. The summed E-state index contributed by atoms with van der Waals surface area (Å²) in [5.74, 6) is 2.16. The molecular formula is C11H12BrNOS2. The number of thioether (sulfide) groups is 1. The van der Waals surface area contributed by atoms with Gasteiger partial charge in [0, 0.05) is 34.0 Å². The monoisotopic (exact) mass is 317 g/mol. The van der Waals surface area contributed by atoms with E-state index in [9.17, 15) is 4.79 Å². The molecule has 1 aromatic carbocycles. The molecule has 1 saturated heterocycles. The summed E-state index contributed by atoms with van der Waals surface area (Å²) >= 11 is 9.57. The molecule has 1 aliphatic rings. The molecule has 2 rings (SSSR count). The van der Waals surface area contributed by atoms with Gasteiger partial charge in [-0.2, -0.15) is 11.8 Å². The van der Waals surface area contributed by atoms with Crippen molar-refractivity contribution in [3.63, 3.8) is 0 Å². The van der Waals surface area contributed by atoms with Crippen LogP contribution in [0.5, 0.6) is 0 Å². The second-order valence-corrected chi connectivity index (χ2v) is 6.16. The summed E-state index contributed by atoms with van der Waals surface area (Å²) in [6, 6.07) is 5.56. The van der Waals surface area contributed by atoms with Gasteiger partial charge in [-0.1, -0.05) is 0 Å². The summed E-state index contributed by atoms with van der Waals surface area (Å²) in [6.07, 6.45) is 0. The van der Waals surface area contributed by atoms with Gasteiger partial charge in [0.2, 0.25) is 0 Å². The molecule has 1 heterocycles. The molecule has 1 fully saturated rings. The summed E-state index contributed by atoms with van der Waals surface area (Å²) in [6.45, 7) is 1.68. The molecule has 16 heavy (non-hydrogen) atoms. The average Bonchev–Trinajstić information content (AvgIpc) is 2.32. The largest absolute Gasteiger partial charge is 0.337 e. The molecule has 1 aromatic rings. The summed E-state index contributed by atoms with van der Waals surface area (Å²) in [7, 11) is 0. The number of rotatable bonds is 1. The standard InChI is InChI=1S/C11H12BrNOS2/c12-10-2-1-8(15)7-9(10)11(14)13-3-5-16-6-4-13/h1-2,7,15H,3-6H2. The van der Waals surface area contributed by atoms with E-state index in [1.54, 1.807) is 0 Å². The predicted octanol–water partition coefficient (Wildman–Crippen LogP) is 2.93. The lowest BCUT2D eigenvalue weighted by Crippen LogP contribution is -2.38. The van der Waals surface area contributed by atoms with Crippen molar-refractivity contribution in [2.24, 2.45) is 0 Å². The van der Waals surface area contributed by atoms with E-state index >= 15 is 0 Å². The van der Waals surface area contributed by atoms with Crippen molar-refractivity contribution in [3.8, 4) is 0 Å². The van der Waals surface area contributed by atoms with Gasteiger partial charge in [-0.3, -0.25) is 4.79 Å². The molecule has 1 aliphatic heterocycles. The number of amides is 1. The van der Waals surface area contributed by atoms with Gasteiger partial charge < -0.3 is 4.90 Å².